The maximum Gasteiger partial charge on any atom is 0.318 e. The molecule has 2 heterocycles. The van der Waals surface area contributed by atoms with Crippen molar-refractivity contribution in [1.82, 2.24) is 15.2 Å². The average molecular weight is 565 g/mol. The van der Waals surface area contributed by atoms with Gasteiger partial charge in [0, 0.05) is 31.3 Å². The number of carbonyl (C=O) groups is 3. The Bertz CT molecular complexity index is 1330. The fourth-order valence-corrected chi connectivity index (χ4v) is 6.71. The number of rotatable bonds is 9. The van der Waals surface area contributed by atoms with Gasteiger partial charge in [-0.05, 0) is 78.7 Å². The Morgan fingerprint density at radius 1 is 1.10 bits per heavy atom. The highest BCUT2D eigenvalue weighted by Crippen LogP contribution is 2.50. The van der Waals surface area contributed by atoms with Crippen LogP contribution in [0.15, 0.2) is 36.7 Å². The van der Waals surface area contributed by atoms with Crippen LogP contribution in [0, 0.1) is 23.7 Å². The van der Waals surface area contributed by atoms with Crippen LogP contribution in [0.3, 0.4) is 0 Å². The zero-order valence-electron chi connectivity index (χ0n) is 23.0. The van der Waals surface area contributed by atoms with Crippen LogP contribution in [0.1, 0.15) is 50.7 Å². The molecule has 1 saturated heterocycles. The molecule has 1 aromatic carbocycles. The molecule has 0 bridgehead atoms. The van der Waals surface area contributed by atoms with Gasteiger partial charge < -0.3 is 26.6 Å². The second-order valence-corrected chi connectivity index (χ2v) is 12.8. The number of aromatic nitrogens is 1. The number of carbonyl (C=O) groups excluding carboxylic acids is 3. The summed E-state index contributed by atoms with van der Waals surface area (Å²) in [6.45, 7) is 4.52. The third kappa shape index (κ3) is 5.05. The number of nitrogens with one attached hydrogen (secondary N) is 3. The summed E-state index contributed by atoms with van der Waals surface area (Å²) in [4.78, 5) is 46.2. The molecule has 3 fully saturated rings. The van der Waals surface area contributed by atoms with Gasteiger partial charge in [0.15, 0.2) is 0 Å². The molecule has 5 N–H and O–H groups in total. The number of benzene rings is 1. The van der Waals surface area contributed by atoms with Crippen LogP contribution in [0.4, 0.5) is 16.2 Å². The zero-order chi connectivity index (χ0) is 28.2. The lowest BCUT2D eigenvalue weighted by Gasteiger charge is -2.36. The Morgan fingerprint density at radius 3 is 2.42 bits per heavy atom. The molecule has 0 radical (unpaired) electrons. The molecule has 6 rings (SSSR count). The maximum absolute atomic E-state index is 14.0. The van der Waals surface area contributed by atoms with Crippen molar-refractivity contribution in [1.29, 1.82) is 0 Å². The van der Waals surface area contributed by atoms with E-state index in [2.05, 4.69) is 34.8 Å². The standard InChI is InChI=1S/C30H37ClN6O3/c1-16(2)24-15-37(29(40)36-24)30(28(39)35-23-14-33-10-9-22(23)31)12-19-7-8-21(11-20(19)13-30)34-27(38)26(32)25(17-3-4-17)18-5-6-18/h7-11,14,16-18,24-26H,3-6,12-13,15,32H2,1-2H3,(H,34,38)(H,35,39)(H,36,40)/t24-,26-,30?/m0/s1. The Kier molecular flexibility index (Phi) is 6.99. The number of amides is 4. The summed E-state index contributed by atoms with van der Waals surface area (Å²) in [6, 6.07) is 6.48. The molecule has 40 heavy (non-hydrogen) atoms. The number of halogens is 1. The van der Waals surface area contributed by atoms with Crippen LogP contribution >= 0.6 is 11.6 Å². The van der Waals surface area contributed by atoms with Crippen molar-refractivity contribution in [3.8, 4) is 0 Å². The van der Waals surface area contributed by atoms with E-state index in [0.29, 0.717) is 47.6 Å². The van der Waals surface area contributed by atoms with Crippen molar-refractivity contribution < 1.29 is 14.4 Å². The smallest absolute Gasteiger partial charge is 0.318 e. The fourth-order valence-electron chi connectivity index (χ4n) is 6.56. The molecular weight excluding hydrogens is 528 g/mol. The molecule has 10 heteroatoms. The van der Waals surface area contributed by atoms with Crippen molar-refractivity contribution in [2.45, 2.75) is 70.0 Å². The zero-order valence-corrected chi connectivity index (χ0v) is 23.7. The van der Waals surface area contributed by atoms with Crippen molar-refractivity contribution in [2.24, 2.45) is 29.4 Å². The Balaban J connectivity index is 1.25. The normalized spacial score (nSPS) is 24.7. The SMILES string of the molecule is CC(C)[C@@H]1CN(C2(C(=O)Nc3cnccc3Cl)Cc3ccc(NC(=O)[C@@H](N)C(C4CC4)C4CC4)cc3C2)C(=O)N1. The van der Waals surface area contributed by atoms with Gasteiger partial charge in [-0.3, -0.25) is 14.6 Å². The van der Waals surface area contributed by atoms with Gasteiger partial charge in [0.05, 0.1) is 29.0 Å². The summed E-state index contributed by atoms with van der Waals surface area (Å²) in [5, 5.41) is 9.39. The van der Waals surface area contributed by atoms with Crippen molar-refractivity contribution >= 4 is 40.8 Å². The first-order valence-electron chi connectivity index (χ1n) is 14.3. The molecule has 0 spiro atoms. The summed E-state index contributed by atoms with van der Waals surface area (Å²) in [7, 11) is 0. The van der Waals surface area contributed by atoms with Gasteiger partial charge in [-0.25, -0.2) is 4.79 Å². The van der Waals surface area contributed by atoms with Crippen LogP contribution in [-0.2, 0) is 22.4 Å². The second kappa shape index (κ2) is 10.3. The molecule has 212 valence electrons. The third-order valence-corrected chi connectivity index (χ3v) is 9.51. The van der Waals surface area contributed by atoms with E-state index >= 15 is 0 Å². The summed E-state index contributed by atoms with van der Waals surface area (Å²) in [5.74, 6) is 1.14. The minimum Gasteiger partial charge on any atom is -0.333 e. The van der Waals surface area contributed by atoms with Gasteiger partial charge in [0.1, 0.15) is 5.54 Å². The predicted molar refractivity (Wildman–Crippen MR) is 154 cm³/mol. The highest BCUT2D eigenvalue weighted by molar-refractivity contribution is 6.33. The number of fused-ring (bicyclic) bond motifs is 1. The van der Waals surface area contributed by atoms with Crippen LogP contribution < -0.4 is 21.7 Å². The maximum atomic E-state index is 14.0. The van der Waals surface area contributed by atoms with E-state index in [1.165, 1.54) is 6.20 Å². The second-order valence-electron chi connectivity index (χ2n) is 12.4. The molecule has 1 aliphatic heterocycles. The lowest BCUT2D eigenvalue weighted by molar-refractivity contribution is -0.125. The largest absolute Gasteiger partial charge is 0.333 e. The molecule has 3 atom stereocenters. The first kappa shape index (κ1) is 27.0. The molecule has 2 aromatic rings. The monoisotopic (exact) mass is 564 g/mol. The van der Waals surface area contributed by atoms with E-state index in [1.54, 1.807) is 17.2 Å². The Morgan fingerprint density at radius 2 is 1.80 bits per heavy atom. The van der Waals surface area contributed by atoms with Gasteiger partial charge in [-0.1, -0.05) is 31.5 Å². The minimum absolute atomic E-state index is 0.0647. The van der Waals surface area contributed by atoms with Crippen LogP contribution in [0.25, 0.3) is 0 Å². The van der Waals surface area contributed by atoms with Crippen LogP contribution in [-0.4, -0.2) is 51.9 Å². The Labute approximate surface area is 239 Å². The van der Waals surface area contributed by atoms with Gasteiger partial charge in [0.2, 0.25) is 5.91 Å². The van der Waals surface area contributed by atoms with E-state index in [9.17, 15) is 14.4 Å². The predicted octanol–water partition coefficient (Wildman–Crippen LogP) is 3.96. The number of hydrogen-bond acceptors (Lipinski definition) is 5. The minimum atomic E-state index is -1.16. The summed E-state index contributed by atoms with van der Waals surface area (Å²) in [6.07, 6.45) is 8.38. The van der Waals surface area contributed by atoms with Crippen LogP contribution in [0.5, 0.6) is 0 Å². The van der Waals surface area contributed by atoms with E-state index in [0.717, 1.165) is 36.8 Å². The molecule has 2 saturated carbocycles. The lowest BCUT2D eigenvalue weighted by Crippen LogP contribution is -2.59. The first-order valence-corrected chi connectivity index (χ1v) is 14.7. The van der Waals surface area contributed by atoms with Crippen molar-refractivity contribution in [3.05, 3.63) is 52.8 Å². The number of anilines is 2. The molecule has 1 aromatic heterocycles. The third-order valence-electron chi connectivity index (χ3n) is 9.18. The quantitative estimate of drug-likeness (QED) is 0.366. The Hall–Kier alpha value is -3.17. The first-order chi connectivity index (χ1) is 19.2. The van der Waals surface area contributed by atoms with Gasteiger partial charge >= 0.3 is 6.03 Å². The van der Waals surface area contributed by atoms with E-state index < -0.39 is 11.6 Å². The molecule has 3 aliphatic carbocycles. The molecule has 4 aliphatic rings. The van der Waals surface area contributed by atoms with Crippen molar-refractivity contribution in [2.75, 3.05) is 17.2 Å². The molecular formula is C30H37ClN6O3. The summed E-state index contributed by atoms with van der Waals surface area (Å²) < 4.78 is 0. The molecule has 4 amide bonds. The van der Waals surface area contributed by atoms with E-state index in [1.807, 2.05) is 18.2 Å². The number of hydrogen-bond donors (Lipinski definition) is 4. The van der Waals surface area contributed by atoms with Gasteiger partial charge in [0.25, 0.3) is 5.91 Å². The highest BCUT2D eigenvalue weighted by atomic mass is 35.5. The number of nitrogens with zero attached hydrogens (tertiary/aromatic N) is 2. The summed E-state index contributed by atoms with van der Waals surface area (Å²) >= 11 is 6.33. The van der Waals surface area contributed by atoms with E-state index in [4.69, 9.17) is 17.3 Å². The highest BCUT2D eigenvalue weighted by Gasteiger charge is 2.54. The summed E-state index contributed by atoms with van der Waals surface area (Å²) in [5.41, 5.74) is 8.25. The van der Waals surface area contributed by atoms with Gasteiger partial charge in [-0.15, -0.1) is 0 Å². The van der Waals surface area contributed by atoms with E-state index in [-0.39, 0.29) is 35.7 Å². The van der Waals surface area contributed by atoms with Crippen LogP contribution in [0.2, 0.25) is 5.02 Å². The molecule has 1 unspecified atom stereocenters. The topological polar surface area (TPSA) is 129 Å². The number of urea groups is 1. The van der Waals surface area contributed by atoms with Crippen molar-refractivity contribution in [3.63, 3.8) is 0 Å². The van der Waals surface area contributed by atoms with Gasteiger partial charge in [-0.2, -0.15) is 0 Å². The fraction of sp³-hybridized carbons (Fsp3) is 0.533. The average Bonchev–Trinajstić information content (AvgIpc) is 3.85. The molecule has 9 nitrogen and oxygen atoms in total. The number of nitrogens with two attached hydrogens (primary N) is 1. The number of pyridine rings is 1. The lowest BCUT2D eigenvalue weighted by atomic mass is 9.89.